The van der Waals surface area contributed by atoms with E-state index in [9.17, 15) is 14.7 Å². The number of para-hydroxylation sites is 2. The van der Waals surface area contributed by atoms with Gasteiger partial charge in [0.05, 0.1) is 23.4 Å². The normalized spacial score (nSPS) is 16.1. The molecule has 8 heteroatoms. The number of nitrogens with zero attached hydrogens (tertiary/aromatic N) is 3. The SMILES string of the molecule is CCOc1ccccc1N1CCN(c2cc(C(=O)O)c3cc(NC(=O)C4CCC4)ccc3n2)CC1. The number of hydrogen-bond acceptors (Lipinski definition) is 6. The van der Waals surface area contributed by atoms with Gasteiger partial charge in [-0.15, -0.1) is 0 Å². The molecule has 1 aliphatic heterocycles. The van der Waals surface area contributed by atoms with Gasteiger partial charge in [-0.2, -0.15) is 0 Å². The molecule has 0 spiro atoms. The van der Waals surface area contributed by atoms with E-state index in [0.29, 0.717) is 42.1 Å². The van der Waals surface area contributed by atoms with Gasteiger partial charge in [0.1, 0.15) is 11.6 Å². The summed E-state index contributed by atoms with van der Waals surface area (Å²) in [5.74, 6) is 0.579. The van der Waals surface area contributed by atoms with Gasteiger partial charge in [-0.25, -0.2) is 9.78 Å². The van der Waals surface area contributed by atoms with Crippen molar-refractivity contribution >= 4 is 40.0 Å². The van der Waals surface area contributed by atoms with E-state index in [1.165, 1.54) is 0 Å². The van der Waals surface area contributed by atoms with Gasteiger partial charge in [-0.05, 0) is 56.2 Å². The molecule has 35 heavy (non-hydrogen) atoms. The van der Waals surface area contributed by atoms with E-state index in [1.807, 2.05) is 25.1 Å². The zero-order valence-electron chi connectivity index (χ0n) is 19.9. The van der Waals surface area contributed by atoms with Crippen LogP contribution in [-0.2, 0) is 4.79 Å². The number of benzene rings is 2. The molecule has 0 unspecified atom stereocenters. The zero-order chi connectivity index (χ0) is 24.4. The van der Waals surface area contributed by atoms with Crippen LogP contribution in [0.15, 0.2) is 48.5 Å². The van der Waals surface area contributed by atoms with Gasteiger partial charge in [-0.1, -0.05) is 18.6 Å². The molecule has 0 atom stereocenters. The van der Waals surface area contributed by atoms with Gasteiger partial charge >= 0.3 is 5.97 Å². The highest BCUT2D eigenvalue weighted by atomic mass is 16.5. The van der Waals surface area contributed by atoms with Crippen molar-refractivity contribution in [2.24, 2.45) is 5.92 Å². The average molecular weight is 475 g/mol. The van der Waals surface area contributed by atoms with Crippen LogP contribution in [0.2, 0.25) is 0 Å². The minimum Gasteiger partial charge on any atom is -0.492 e. The van der Waals surface area contributed by atoms with Crippen LogP contribution in [-0.4, -0.2) is 54.8 Å². The number of rotatable bonds is 7. The summed E-state index contributed by atoms with van der Waals surface area (Å²) < 4.78 is 5.79. The monoisotopic (exact) mass is 474 g/mol. The van der Waals surface area contributed by atoms with Crippen LogP contribution in [0.25, 0.3) is 10.9 Å². The number of carboxylic acid groups (broad SMARTS) is 1. The molecule has 2 heterocycles. The lowest BCUT2D eigenvalue weighted by Gasteiger charge is -2.37. The van der Waals surface area contributed by atoms with Crippen molar-refractivity contribution in [1.82, 2.24) is 4.98 Å². The van der Waals surface area contributed by atoms with Crippen LogP contribution in [0.5, 0.6) is 5.75 Å². The fourth-order valence-electron chi connectivity index (χ4n) is 4.72. The highest BCUT2D eigenvalue weighted by Crippen LogP contribution is 2.32. The Morgan fingerprint density at radius 2 is 1.80 bits per heavy atom. The summed E-state index contributed by atoms with van der Waals surface area (Å²) in [5, 5.41) is 13.4. The fraction of sp³-hybridized carbons (Fsp3) is 0.370. The first-order chi connectivity index (χ1) is 17.0. The third-order valence-corrected chi connectivity index (χ3v) is 6.88. The molecule has 5 rings (SSSR count). The van der Waals surface area contributed by atoms with E-state index >= 15 is 0 Å². The van der Waals surface area contributed by atoms with Crippen LogP contribution in [0.1, 0.15) is 36.5 Å². The maximum absolute atomic E-state index is 12.3. The number of carboxylic acids is 1. The van der Waals surface area contributed by atoms with Gasteiger partial charge in [0, 0.05) is 43.2 Å². The number of amides is 1. The Morgan fingerprint density at radius 1 is 1.06 bits per heavy atom. The summed E-state index contributed by atoms with van der Waals surface area (Å²) in [5.41, 5.74) is 2.47. The molecule has 1 aromatic heterocycles. The van der Waals surface area contributed by atoms with Crippen molar-refractivity contribution in [3.8, 4) is 5.75 Å². The Bertz CT molecular complexity index is 1250. The number of piperazine rings is 1. The highest BCUT2D eigenvalue weighted by molar-refractivity contribution is 6.05. The molecule has 1 aliphatic carbocycles. The first kappa shape index (κ1) is 23.0. The molecule has 0 bridgehead atoms. The van der Waals surface area contributed by atoms with Crippen LogP contribution >= 0.6 is 0 Å². The summed E-state index contributed by atoms with van der Waals surface area (Å²) in [6, 6.07) is 15.0. The first-order valence-electron chi connectivity index (χ1n) is 12.2. The molecular formula is C27H30N4O4. The Hall–Kier alpha value is -3.81. The topological polar surface area (TPSA) is 95.0 Å². The maximum Gasteiger partial charge on any atom is 0.336 e. The van der Waals surface area contributed by atoms with Crippen LogP contribution in [0.3, 0.4) is 0 Å². The van der Waals surface area contributed by atoms with E-state index in [0.717, 1.165) is 43.8 Å². The molecule has 2 N–H and O–H groups in total. The van der Waals surface area contributed by atoms with Gasteiger partial charge < -0.3 is 25.0 Å². The molecule has 0 radical (unpaired) electrons. The van der Waals surface area contributed by atoms with Gasteiger partial charge in [-0.3, -0.25) is 4.79 Å². The molecule has 3 aromatic rings. The van der Waals surface area contributed by atoms with Crippen LogP contribution in [0, 0.1) is 5.92 Å². The number of carbonyl (C=O) groups is 2. The second-order valence-electron chi connectivity index (χ2n) is 9.06. The molecule has 2 fully saturated rings. The Labute approximate surface area is 204 Å². The lowest BCUT2D eigenvalue weighted by atomic mass is 9.85. The number of aromatic nitrogens is 1. The van der Waals surface area contributed by atoms with Crippen LogP contribution < -0.4 is 19.9 Å². The van der Waals surface area contributed by atoms with E-state index in [1.54, 1.807) is 24.3 Å². The second kappa shape index (κ2) is 9.82. The zero-order valence-corrected chi connectivity index (χ0v) is 19.9. The first-order valence-corrected chi connectivity index (χ1v) is 12.2. The van der Waals surface area contributed by atoms with E-state index < -0.39 is 5.97 Å². The summed E-state index contributed by atoms with van der Waals surface area (Å²) in [7, 11) is 0. The molecule has 182 valence electrons. The van der Waals surface area contributed by atoms with E-state index in [-0.39, 0.29) is 17.4 Å². The van der Waals surface area contributed by atoms with Gasteiger partial charge in [0.25, 0.3) is 0 Å². The lowest BCUT2D eigenvalue weighted by Crippen LogP contribution is -2.47. The molecule has 2 aromatic carbocycles. The van der Waals surface area contributed by atoms with Crippen molar-refractivity contribution < 1.29 is 19.4 Å². The Balaban J connectivity index is 1.36. The average Bonchev–Trinajstić information content (AvgIpc) is 2.83. The summed E-state index contributed by atoms with van der Waals surface area (Å²) in [6.07, 6.45) is 2.91. The molecule has 2 aliphatic rings. The molecule has 1 amide bonds. The number of aromatic carboxylic acids is 1. The third-order valence-electron chi connectivity index (χ3n) is 6.88. The van der Waals surface area contributed by atoms with Crippen molar-refractivity contribution in [2.45, 2.75) is 26.2 Å². The third kappa shape index (κ3) is 4.73. The van der Waals surface area contributed by atoms with E-state index in [2.05, 4.69) is 21.2 Å². The number of pyridine rings is 1. The number of fused-ring (bicyclic) bond motifs is 1. The highest BCUT2D eigenvalue weighted by Gasteiger charge is 2.26. The maximum atomic E-state index is 12.3. The van der Waals surface area contributed by atoms with Crippen LogP contribution in [0.4, 0.5) is 17.2 Å². The summed E-state index contributed by atoms with van der Waals surface area (Å²) >= 11 is 0. The number of nitrogens with one attached hydrogen (secondary N) is 1. The fourth-order valence-corrected chi connectivity index (χ4v) is 4.72. The Morgan fingerprint density at radius 3 is 2.49 bits per heavy atom. The lowest BCUT2D eigenvalue weighted by molar-refractivity contribution is -0.122. The van der Waals surface area contributed by atoms with Crippen molar-refractivity contribution in [1.29, 1.82) is 0 Å². The standard InChI is InChI=1S/C27H30N4O4/c1-2-35-24-9-4-3-8-23(24)30-12-14-31(15-13-30)25-17-21(27(33)34)20-16-19(10-11-22(20)29-25)28-26(32)18-6-5-7-18/h3-4,8-11,16-18H,2,5-7,12-15H2,1H3,(H,28,32)(H,33,34). The second-order valence-corrected chi connectivity index (χ2v) is 9.06. The van der Waals surface area contributed by atoms with Crippen molar-refractivity contribution in [3.05, 3.63) is 54.1 Å². The van der Waals surface area contributed by atoms with E-state index in [4.69, 9.17) is 9.72 Å². The minimum atomic E-state index is -1.01. The largest absolute Gasteiger partial charge is 0.492 e. The number of carbonyl (C=O) groups excluding carboxylic acids is 1. The van der Waals surface area contributed by atoms with Crippen molar-refractivity contribution in [2.75, 3.05) is 47.9 Å². The quantitative estimate of drug-likeness (QED) is 0.524. The van der Waals surface area contributed by atoms with Crippen molar-refractivity contribution in [3.63, 3.8) is 0 Å². The molecule has 8 nitrogen and oxygen atoms in total. The number of anilines is 3. The number of ether oxygens (including phenoxy) is 1. The predicted molar refractivity (Wildman–Crippen MR) is 137 cm³/mol. The number of hydrogen-bond donors (Lipinski definition) is 2. The smallest absolute Gasteiger partial charge is 0.336 e. The summed E-state index contributed by atoms with van der Waals surface area (Å²) in [4.78, 5) is 33.7. The molecule has 1 saturated carbocycles. The minimum absolute atomic E-state index is 0.000774. The molecule has 1 saturated heterocycles. The Kier molecular flexibility index (Phi) is 6.44. The summed E-state index contributed by atoms with van der Waals surface area (Å²) in [6.45, 7) is 5.57. The van der Waals surface area contributed by atoms with Gasteiger partial charge in [0.15, 0.2) is 0 Å². The molecular weight excluding hydrogens is 444 g/mol. The van der Waals surface area contributed by atoms with Gasteiger partial charge in [0.2, 0.25) is 5.91 Å². The predicted octanol–water partition coefficient (Wildman–Crippen LogP) is 4.40.